The van der Waals surface area contributed by atoms with Crippen molar-refractivity contribution in [2.45, 2.75) is 19.4 Å². The summed E-state index contributed by atoms with van der Waals surface area (Å²) >= 11 is 0. The summed E-state index contributed by atoms with van der Waals surface area (Å²) in [5.74, 6) is -0.147. The van der Waals surface area contributed by atoms with E-state index in [1.165, 1.54) is 0 Å². The number of amides is 2. The van der Waals surface area contributed by atoms with Crippen molar-refractivity contribution in [3.05, 3.63) is 0 Å². The van der Waals surface area contributed by atoms with Crippen molar-refractivity contribution in [2.24, 2.45) is 5.92 Å². The second-order valence-corrected chi connectivity index (χ2v) is 4.07. The van der Waals surface area contributed by atoms with E-state index in [9.17, 15) is 9.59 Å². The van der Waals surface area contributed by atoms with Crippen molar-refractivity contribution < 1.29 is 9.59 Å². The Hall–Kier alpha value is -1.10. The Balaban J connectivity index is 2.42. The summed E-state index contributed by atoms with van der Waals surface area (Å²) in [5, 5.41) is 5.71. The van der Waals surface area contributed by atoms with Crippen LogP contribution in [0.1, 0.15) is 13.3 Å². The van der Waals surface area contributed by atoms with Gasteiger partial charge in [-0.2, -0.15) is 0 Å². The fourth-order valence-corrected chi connectivity index (χ4v) is 1.67. The fraction of sp³-hybridized carbons (Fsp3) is 0.800. The topological polar surface area (TPSA) is 61.4 Å². The number of hydrogen-bond donors (Lipinski definition) is 2. The number of likely N-dealkylation sites (N-methyl/N-ethyl adjacent to an activating group) is 1. The number of nitrogens with zero attached hydrogens (tertiary/aromatic N) is 1. The van der Waals surface area contributed by atoms with Crippen LogP contribution in [0, 0.1) is 5.92 Å². The molecule has 0 aromatic rings. The van der Waals surface area contributed by atoms with E-state index in [0.717, 1.165) is 6.54 Å². The van der Waals surface area contributed by atoms with Gasteiger partial charge in [0.2, 0.25) is 11.8 Å². The molecule has 2 atom stereocenters. The molecule has 2 amide bonds. The van der Waals surface area contributed by atoms with E-state index in [2.05, 4.69) is 10.6 Å². The van der Waals surface area contributed by atoms with Crippen LogP contribution in [0.15, 0.2) is 0 Å². The molecule has 1 aliphatic rings. The fourth-order valence-electron chi connectivity index (χ4n) is 1.67. The molecule has 86 valence electrons. The van der Waals surface area contributed by atoms with Crippen LogP contribution in [-0.2, 0) is 9.59 Å². The first-order valence-electron chi connectivity index (χ1n) is 5.26. The van der Waals surface area contributed by atoms with Gasteiger partial charge >= 0.3 is 0 Å². The molecule has 1 fully saturated rings. The molecule has 2 unspecified atom stereocenters. The Morgan fingerprint density at radius 1 is 1.67 bits per heavy atom. The van der Waals surface area contributed by atoms with E-state index < -0.39 is 0 Å². The lowest BCUT2D eigenvalue weighted by atomic mass is 10.1. The van der Waals surface area contributed by atoms with Crippen LogP contribution in [0.4, 0.5) is 0 Å². The second kappa shape index (κ2) is 5.11. The highest BCUT2D eigenvalue weighted by Gasteiger charge is 2.30. The number of likely N-dealkylation sites (tertiary alicyclic amines) is 1. The van der Waals surface area contributed by atoms with E-state index in [4.69, 9.17) is 0 Å². The van der Waals surface area contributed by atoms with E-state index in [1.807, 2.05) is 6.92 Å². The Morgan fingerprint density at radius 2 is 2.33 bits per heavy atom. The molecule has 0 spiro atoms. The van der Waals surface area contributed by atoms with Crippen LogP contribution in [0.5, 0.6) is 0 Å². The number of rotatable bonds is 4. The van der Waals surface area contributed by atoms with Crippen molar-refractivity contribution in [2.75, 3.05) is 27.2 Å². The zero-order valence-corrected chi connectivity index (χ0v) is 9.54. The lowest BCUT2D eigenvalue weighted by molar-refractivity contribution is -0.132. The predicted octanol–water partition coefficient (Wildman–Crippen LogP) is -0.811. The van der Waals surface area contributed by atoms with Gasteiger partial charge in [0.05, 0.1) is 0 Å². The minimum absolute atomic E-state index is 0.0139. The Labute approximate surface area is 90.2 Å². The Kier molecular flexibility index (Phi) is 4.08. The van der Waals surface area contributed by atoms with Gasteiger partial charge in [0.15, 0.2) is 0 Å². The highest BCUT2D eigenvalue weighted by atomic mass is 16.2. The number of hydrogen-bond acceptors (Lipinski definition) is 3. The Bertz CT molecular complexity index is 255. The summed E-state index contributed by atoms with van der Waals surface area (Å²) in [6.45, 7) is 3.20. The first-order chi connectivity index (χ1) is 7.06. The van der Waals surface area contributed by atoms with Gasteiger partial charge in [0, 0.05) is 26.1 Å². The van der Waals surface area contributed by atoms with Crippen LogP contribution in [0.25, 0.3) is 0 Å². The number of carbonyl (C=O) groups is 2. The normalized spacial score (nSPS) is 23.0. The molecule has 5 heteroatoms. The molecule has 1 saturated heterocycles. The van der Waals surface area contributed by atoms with Crippen LogP contribution >= 0.6 is 0 Å². The molecule has 0 aliphatic carbocycles. The van der Waals surface area contributed by atoms with Crippen LogP contribution in [-0.4, -0.2) is 49.9 Å². The first-order valence-corrected chi connectivity index (χ1v) is 5.26. The summed E-state index contributed by atoms with van der Waals surface area (Å²) in [7, 11) is 3.56. The van der Waals surface area contributed by atoms with Crippen molar-refractivity contribution in [1.29, 1.82) is 0 Å². The minimum Gasteiger partial charge on any atom is -0.344 e. The molecule has 0 radical (unpaired) electrons. The summed E-state index contributed by atoms with van der Waals surface area (Å²) in [4.78, 5) is 24.8. The third-order valence-electron chi connectivity index (χ3n) is 2.70. The standard InChI is InChI=1S/C10H19N3O2/c1-7(6-11-2)9(14)12-8-4-5-13(3)10(8)15/h7-8,11H,4-6H2,1-3H3,(H,12,14). The molecular formula is C10H19N3O2. The lowest BCUT2D eigenvalue weighted by Crippen LogP contribution is -2.44. The minimum atomic E-state index is -0.318. The number of carbonyl (C=O) groups excluding carboxylic acids is 2. The van der Waals surface area contributed by atoms with Gasteiger partial charge in [-0.1, -0.05) is 6.92 Å². The summed E-state index contributed by atoms with van der Waals surface area (Å²) in [6, 6.07) is -0.318. The Morgan fingerprint density at radius 3 is 2.80 bits per heavy atom. The maximum absolute atomic E-state index is 11.6. The summed E-state index contributed by atoms with van der Waals surface area (Å²) < 4.78 is 0. The van der Waals surface area contributed by atoms with E-state index in [-0.39, 0.29) is 23.8 Å². The lowest BCUT2D eigenvalue weighted by Gasteiger charge is -2.15. The van der Waals surface area contributed by atoms with E-state index >= 15 is 0 Å². The van der Waals surface area contributed by atoms with Gasteiger partial charge in [-0.15, -0.1) is 0 Å². The smallest absolute Gasteiger partial charge is 0.244 e. The third kappa shape index (κ3) is 2.92. The monoisotopic (exact) mass is 213 g/mol. The maximum Gasteiger partial charge on any atom is 0.244 e. The average molecular weight is 213 g/mol. The molecule has 1 rings (SSSR count). The van der Waals surface area contributed by atoms with Crippen LogP contribution in [0.2, 0.25) is 0 Å². The molecule has 2 N–H and O–H groups in total. The van der Waals surface area contributed by atoms with Crippen molar-refractivity contribution in [3.63, 3.8) is 0 Å². The quantitative estimate of drug-likeness (QED) is 0.642. The predicted molar refractivity (Wildman–Crippen MR) is 57.3 cm³/mol. The molecule has 15 heavy (non-hydrogen) atoms. The van der Waals surface area contributed by atoms with Crippen molar-refractivity contribution >= 4 is 11.8 Å². The molecule has 0 aromatic carbocycles. The highest BCUT2D eigenvalue weighted by molar-refractivity contribution is 5.89. The van der Waals surface area contributed by atoms with Gasteiger partial charge < -0.3 is 15.5 Å². The van der Waals surface area contributed by atoms with Crippen molar-refractivity contribution in [3.8, 4) is 0 Å². The van der Waals surface area contributed by atoms with E-state index in [0.29, 0.717) is 13.0 Å². The summed E-state index contributed by atoms with van der Waals surface area (Å²) in [6.07, 6.45) is 0.716. The van der Waals surface area contributed by atoms with Gasteiger partial charge in [0.1, 0.15) is 6.04 Å². The SMILES string of the molecule is CNCC(C)C(=O)NC1CCN(C)C1=O. The van der Waals surface area contributed by atoms with Gasteiger partial charge in [-0.3, -0.25) is 9.59 Å². The van der Waals surface area contributed by atoms with Crippen LogP contribution in [0.3, 0.4) is 0 Å². The molecule has 1 aliphatic heterocycles. The zero-order valence-electron chi connectivity index (χ0n) is 9.54. The summed E-state index contributed by atoms with van der Waals surface area (Å²) in [5.41, 5.74) is 0. The van der Waals surface area contributed by atoms with Gasteiger partial charge in [-0.25, -0.2) is 0 Å². The highest BCUT2D eigenvalue weighted by Crippen LogP contribution is 2.09. The molecule has 0 aromatic heterocycles. The maximum atomic E-state index is 11.6. The molecule has 0 saturated carbocycles. The van der Waals surface area contributed by atoms with Crippen LogP contribution < -0.4 is 10.6 Å². The molecule has 0 bridgehead atoms. The molecule has 5 nitrogen and oxygen atoms in total. The molecular weight excluding hydrogens is 194 g/mol. The van der Waals surface area contributed by atoms with Gasteiger partial charge in [-0.05, 0) is 13.5 Å². The average Bonchev–Trinajstić information content (AvgIpc) is 2.50. The number of nitrogens with one attached hydrogen (secondary N) is 2. The van der Waals surface area contributed by atoms with Crippen molar-refractivity contribution in [1.82, 2.24) is 15.5 Å². The zero-order chi connectivity index (χ0) is 11.4. The largest absolute Gasteiger partial charge is 0.344 e. The molecule has 1 heterocycles. The first kappa shape index (κ1) is 12.0. The van der Waals surface area contributed by atoms with E-state index in [1.54, 1.807) is 19.0 Å². The van der Waals surface area contributed by atoms with Gasteiger partial charge in [0.25, 0.3) is 0 Å². The third-order valence-corrected chi connectivity index (χ3v) is 2.70. The second-order valence-electron chi connectivity index (χ2n) is 4.07.